The van der Waals surface area contributed by atoms with Crippen LogP contribution in [0.4, 0.5) is 35.1 Å². The molecule has 8 rings (SSSR count). The second kappa shape index (κ2) is 37.4. The van der Waals surface area contributed by atoms with Crippen LogP contribution in [0.3, 0.4) is 0 Å². The van der Waals surface area contributed by atoms with Crippen molar-refractivity contribution >= 4 is 70.9 Å². The van der Waals surface area contributed by atoms with E-state index in [9.17, 15) is 45.5 Å². The molecule has 33 heteroatoms. The number of carbonyl (C=O) groups is 12. The average Bonchev–Trinajstić information content (AvgIpc) is 1.52. The van der Waals surface area contributed by atoms with Gasteiger partial charge in [0.2, 0.25) is 70.9 Å². The van der Waals surface area contributed by atoms with E-state index in [-0.39, 0.29) is 129 Å². The number of fused-ring (bicyclic) bond motifs is 3. The van der Waals surface area contributed by atoms with Crippen LogP contribution in [-0.4, -0.2) is 288 Å². The highest BCUT2D eigenvalue weighted by atomic mass is 19.4. The van der Waals surface area contributed by atoms with Crippen molar-refractivity contribution in [2.45, 2.75) is 267 Å². The summed E-state index contributed by atoms with van der Waals surface area (Å²) in [6, 6.07) is -11.0. The summed E-state index contributed by atoms with van der Waals surface area (Å²) in [5.41, 5.74) is -1.67. The van der Waals surface area contributed by atoms with Crippen LogP contribution in [0, 0.1) is 41.4 Å². The van der Waals surface area contributed by atoms with Crippen LogP contribution in [0.15, 0.2) is 0 Å². The second-order valence-corrected chi connectivity index (χ2v) is 32.6. The second-order valence-electron chi connectivity index (χ2n) is 32.6. The summed E-state index contributed by atoms with van der Waals surface area (Å²) in [5.74, 6) is -16.4. The molecule has 610 valence electrons. The van der Waals surface area contributed by atoms with E-state index in [0.717, 1.165) is 14.7 Å². The fourth-order valence-corrected chi connectivity index (χ4v) is 17.9. The number of carbonyl (C=O) groups excluding carboxylic acids is 12. The first-order chi connectivity index (χ1) is 50.8. The summed E-state index contributed by atoms with van der Waals surface area (Å²) in [7, 11) is 8.15. The van der Waals surface area contributed by atoms with Gasteiger partial charge in [-0.05, 0) is 152 Å². The number of hydrogen-bond donors (Lipinski definition) is 3. The SMILES string of the molecule is CC[C@H](C)[C@@H]1NC(=O)[C@H](CC(C)C)N(C)C(=O)C[C@@H](C(=O)N2CCOCC2)N(C)C(=O)[C@H](C2CCCC2)N(C)C(=O)C2(CCCC2)NC(=O)[C@@H]2CCCN2C(=O)[C@H](CCC2CC(F)C(C(F)(F)F)C(F)C2)NC(=O)CN(C)C(=O)[C@H](CC2CCC(C(F)(F)F)CC2)N2CCCC[C@@H](C2=O)N(C)C(=O)CN(C)C1=O. The zero-order chi connectivity index (χ0) is 79.6. The van der Waals surface area contributed by atoms with E-state index >= 15 is 47.1 Å². The van der Waals surface area contributed by atoms with Gasteiger partial charge in [-0.1, -0.05) is 59.8 Å². The van der Waals surface area contributed by atoms with Gasteiger partial charge in [-0.2, -0.15) is 26.3 Å². The summed E-state index contributed by atoms with van der Waals surface area (Å²) in [6.45, 7) is 6.07. The van der Waals surface area contributed by atoms with Gasteiger partial charge in [-0.25, -0.2) is 8.78 Å². The van der Waals surface area contributed by atoms with E-state index in [1.165, 1.54) is 71.7 Å². The molecular formula is C75H116F8N12O13. The largest absolute Gasteiger partial charge is 0.397 e. The lowest BCUT2D eigenvalue weighted by molar-refractivity contribution is -0.219. The Bertz CT molecular complexity index is 3190. The topological polar surface area (TPSA) is 279 Å². The Balaban J connectivity index is 1.19. The Morgan fingerprint density at radius 1 is 0.565 bits per heavy atom. The van der Waals surface area contributed by atoms with Crippen LogP contribution >= 0.6 is 0 Å². The van der Waals surface area contributed by atoms with Crippen molar-refractivity contribution in [1.29, 1.82) is 0 Å². The zero-order valence-corrected chi connectivity index (χ0v) is 64.5. The van der Waals surface area contributed by atoms with E-state index < -0.39 is 224 Å². The van der Waals surface area contributed by atoms with Crippen LogP contribution in [0.25, 0.3) is 0 Å². The third-order valence-corrected chi connectivity index (χ3v) is 24.7. The van der Waals surface area contributed by atoms with Crippen molar-refractivity contribution in [2.75, 3.05) is 94.8 Å². The van der Waals surface area contributed by atoms with E-state index in [2.05, 4.69) is 16.0 Å². The molecule has 108 heavy (non-hydrogen) atoms. The Hall–Kier alpha value is -6.96. The minimum Gasteiger partial charge on any atom is -0.378 e. The summed E-state index contributed by atoms with van der Waals surface area (Å²) in [6.07, 6.45) is -13.7. The molecule has 11 atom stereocenters. The molecule has 8 fully saturated rings. The number of nitrogens with one attached hydrogen (secondary N) is 3. The van der Waals surface area contributed by atoms with Gasteiger partial charge in [-0.15, -0.1) is 0 Å². The van der Waals surface area contributed by atoms with Crippen molar-refractivity contribution in [3.8, 4) is 0 Å². The maximum Gasteiger partial charge on any atom is 0.397 e. The average molecular weight is 1550 g/mol. The fourth-order valence-electron chi connectivity index (χ4n) is 17.9. The van der Waals surface area contributed by atoms with Gasteiger partial charge in [-0.3, -0.25) is 57.5 Å². The highest BCUT2D eigenvalue weighted by Gasteiger charge is 2.56. The molecule has 4 saturated carbocycles. The standard InChI is InChI=1S/C75H116F8N12O13/c1-11-45(4)62-70(105)88(6)43-60(98)89(7)54-21-14-17-31-95(69(54)104)57(40-46-23-26-49(27-24-46)74(78,79)80)67(102)87(5)42-58(96)84-52(28-25-47-38-50(76)61(51(77)39-47)75(81,82)83)66(101)94-32-18-22-53(94)65(100)86-73(29-15-16-30-73)72(107)92(10)63(48-19-12-13-20-48)71(106)91(9)56(68(103)93-33-35-108-36-34-93)41-59(97)90(8)55(37-44(2)3)64(99)85-62/h44-57,61-63H,11-43H2,1-10H3,(H,84,96)(H,85,99)(H,86,100)/t45-,46?,47?,49?,50?,51?,52-,53-,54-,55-,56-,57-,61?,62-,63-/m0/s1. The number of nitrogens with zero attached hydrogens (tertiary/aromatic N) is 9. The molecule has 4 aliphatic carbocycles. The van der Waals surface area contributed by atoms with Gasteiger partial charge in [0.25, 0.3) is 0 Å². The van der Waals surface area contributed by atoms with Crippen molar-refractivity contribution < 1.29 is 97.4 Å². The molecule has 2 unspecified atom stereocenters. The van der Waals surface area contributed by atoms with Crippen molar-refractivity contribution in [2.24, 2.45) is 41.4 Å². The predicted molar refractivity (Wildman–Crippen MR) is 379 cm³/mol. The molecule has 1 spiro atoms. The number of amides is 12. The molecule has 8 aliphatic rings. The summed E-state index contributed by atoms with van der Waals surface area (Å²) >= 11 is 0. The van der Waals surface area contributed by atoms with Gasteiger partial charge in [0.1, 0.15) is 72.1 Å². The van der Waals surface area contributed by atoms with Crippen LogP contribution in [0.1, 0.15) is 188 Å². The van der Waals surface area contributed by atoms with E-state index in [1.54, 1.807) is 13.8 Å². The van der Waals surface area contributed by atoms with Crippen LogP contribution in [0.5, 0.6) is 0 Å². The first-order valence-corrected chi connectivity index (χ1v) is 39.2. The van der Waals surface area contributed by atoms with Crippen molar-refractivity contribution in [1.82, 2.24) is 60.0 Å². The lowest BCUT2D eigenvalue weighted by Crippen LogP contribution is -2.65. The quantitative estimate of drug-likeness (QED) is 0.191. The fraction of sp³-hybridized carbons (Fsp3) is 0.840. The number of likely N-dealkylation sites (N-methyl/N-ethyl adjacent to an activating group) is 6. The van der Waals surface area contributed by atoms with Gasteiger partial charge in [0.15, 0.2) is 0 Å². The molecule has 3 N–H and O–H groups in total. The molecule has 2 bridgehead atoms. The molecular weight excluding hydrogens is 1430 g/mol. The Morgan fingerprint density at radius 2 is 1.16 bits per heavy atom. The highest BCUT2D eigenvalue weighted by Crippen LogP contribution is 2.46. The van der Waals surface area contributed by atoms with Crippen molar-refractivity contribution in [3.63, 3.8) is 0 Å². The Morgan fingerprint density at radius 3 is 1.75 bits per heavy atom. The summed E-state index contributed by atoms with van der Waals surface area (Å²) in [5, 5.41) is 8.51. The van der Waals surface area contributed by atoms with Gasteiger partial charge in [0, 0.05) is 68.5 Å². The molecule has 4 heterocycles. The highest BCUT2D eigenvalue weighted by molar-refractivity contribution is 6.01. The van der Waals surface area contributed by atoms with Crippen LogP contribution < -0.4 is 16.0 Å². The minimum atomic E-state index is -5.20. The maximum absolute atomic E-state index is 15.7. The number of halogens is 8. The number of rotatable bonds is 11. The first-order valence-electron chi connectivity index (χ1n) is 39.2. The van der Waals surface area contributed by atoms with Gasteiger partial charge < -0.3 is 64.8 Å². The van der Waals surface area contributed by atoms with E-state index in [1.807, 2.05) is 13.8 Å². The molecule has 4 aliphatic heterocycles. The lowest BCUT2D eigenvalue weighted by Gasteiger charge is -2.42. The minimum absolute atomic E-state index is 0.0174. The number of ether oxygens (including phenoxy) is 1. The Kier molecular flexibility index (Phi) is 30.0. The third kappa shape index (κ3) is 20.8. The summed E-state index contributed by atoms with van der Waals surface area (Å²) in [4.78, 5) is 193. The molecule has 12 amide bonds. The van der Waals surface area contributed by atoms with Crippen LogP contribution in [-0.2, 0) is 62.3 Å². The third-order valence-electron chi connectivity index (χ3n) is 24.7. The summed E-state index contributed by atoms with van der Waals surface area (Å²) < 4.78 is 120. The molecule has 0 aromatic heterocycles. The smallest absolute Gasteiger partial charge is 0.378 e. The maximum atomic E-state index is 15.7. The number of morpholine rings is 1. The molecule has 0 aromatic rings. The lowest BCUT2D eigenvalue weighted by atomic mass is 9.76. The molecule has 0 radical (unpaired) electrons. The first kappa shape index (κ1) is 86.6. The Labute approximate surface area is 629 Å². The predicted octanol–water partition coefficient (Wildman–Crippen LogP) is 6.33. The van der Waals surface area contributed by atoms with Gasteiger partial charge in [0.05, 0.1) is 38.6 Å². The number of hydrogen-bond acceptors (Lipinski definition) is 13. The van der Waals surface area contributed by atoms with E-state index in [4.69, 9.17) is 4.74 Å². The van der Waals surface area contributed by atoms with E-state index in [0.29, 0.717) is 51.4 Å². The number of alkyl halides is 8. The zero-order valence-electron chi connectivity index (χ0n) is 64.5. The van der Waals surface area contributed by atoms with Crippen LogP contribution in [0.2, 0.25) is 0 Å². The molecule has 25 nitrogen and oxygen atoms in total. The monoisotopic (exact) mass is 1540 g/mol. The van der Waals surface area contributed by atoms with Gasteiger partial charge >= 0.3 is 12.4 Å². The normalized spacial score (nSPS) is 32.0. The van der Waals surface area contributed by atoms with Crippen molar-refractivity contribution in [3.05, 3.63) is 0 Å². The molecule has 4 saturated heterocycles. The molecule has 0 aromatic carbocycles.